The summed E-state index contributed by atoms with van der Waals surface area (Å²) in [6, 6.07) is 5.34. The largest absolute Gasteiger partial charge is 0.489 e. The lowest BCUT2D eigenvalue weighted by Crippen LogP contribution is -2.41. The second kappa shape index (κ2) is 7.81. The normalized spacial score (nSPS) is 13.2. The minimum atomic E-state index is -0.362. The quantitative estimate of drug-likeness (QED) is 0.849. The van der Waals surface area contributed by atoms with E-state index in [1.807, 2.05) is 13.8 Å². The lowest BCUT2D eigenvalue weighted by atomic mass is 10.1. The molecule has 6 nitrogen and oxygen atoms in total. The number of rotatable bonds is 6. The number of hydrogen-bond donors (Lipinski definition) is 2. The fourth-order valence-corrected chi connectivity index (χ4v) is 2.48. The van der Waals surface area contributed by atoms with Gasteiger partial charge in [-0.15, -0.1) is 0 Å². The molecule has 2 unspecified atom stereocenters. The van der Waals surface area contributed by atoms with Gasteiger partial charge in [-0.3, -0.25) is 0 Å². The number of carbonyl (C=O) groups excluding carboxylic acids is 1. The van der Waals surface area contributed by atoms with Crippen molar-refractivity contribution >= 4 is 6.03 Å². The van der Waals surface area contributed by atoms with Crippen molar-refractivity contribution in [2.45, 2.75) is 39.8 Å². The summed E-state index contributed by atoms with van der Waals surface area (Å²) in [4.78, 5) is 12.0. The van der Waals surface area contributed by atoms with E-state index < -0.39 is 0 Å². The molecule has 2 aromatic rings. The lowest BCUT2D eigenvalue weighted by Gasteiger charge is -2.18. The van der Waals surface area contributed by atoms with Gasteiger partial charge in [0.05, 0.1) is 18.3 Å². The number of nitrogens with zero attached hydrogens (tertiary/aromatic N) is 1. The summed E-state index contributed by atoms with van der Waals surface area (Å²) < 4.78 is 23.8. The van der Waals surface area contributed by atoms with Crippen molar-refractivity contribution in [3.63, 3.8) is 0 Å². The molecule has 130 valence electrons. The van der Waals surface area contributed by atoms with Gasteiger partial charge >= 0.3 is 6.03 Å². The van der Waals surface area contributed by atoms with Crippen molar-refractivity contribution in [2.75, 3.05) is 6.54 Å². The molecule has 0 radical (unpaired) electrons. The number of urea groups is 1. The van der Waals surface area contributed by atoms with E-state index in [9.17, 15) is 9.18 Å². The van der Waals surface area contributed by atoms with Gasteiger partial charge in [0.2, 0.25) is 0 Å². The van der Waals surface area contributed by atoms with E-state index in [-0.39, 0.29) is 30.5 Å². The Morgan fingerprint density at radius 3 is 2.75 bits per heavy atom. The number of benzene rings is 1. The van der Waals surface area contributed by atoms with Crippen molar-refractivity contribution < 1.29 is 18.4 Å². The zero-order valence-corrected chi connectivity index (χ0v) is 14.2. The van der Waals surface area contributed by atoms with Crippen molar-refractivity contribution in [3.05, 3.63) is 47.1 Å². The second-order valence-electron chi connectivity index (χ2n) is 5.70. The third-order valence-corrected chi connectivity index (χ3v) is 3.55. The molecule has 1 aromatic heterocycles. The molecule has 2 N–H and O–H groups in total. The van der Waals surface area contributed by atoms with E-state index in [4.69, 9.17) is 9.26 Å². The number of nitrogens with one attached hydrogen (secondary N) is 2. The maximum atomic E-state index is 13.1. The smallest absolute Gasteiger partial charge is 0.315 e. The first-order valence-electron chi connectivity index (χ1n) is 7.76. The molecule has 0 saturated carbocycles. The van der Waals surface area contributed by atoms with Crippen LogP contribution >= 0.6 is 0 Å². The summed E-state index contributed by atoms with van der Waals surface area (Å²) in [7, 11) is 0. The minimum Gasteiger partial charge on any atom is -0.489 e. The highest BCUT2D eigenvalue weighted by atomic mass is 19.1. The van der Waals surface area contributed by atoms with Crippen LogP contribution in [-0.2, 0) is 0 Å². The average molecular weight is 335 g/mol. The molecule has 2 amide bonds. The van der Waals surface area contributed by atoms with Crippen LogP contribution in [0, 0.1) is 19.7 Å². The van der Waals surface area contributed by atoms with Gasteiger partial charge in [-0.05, 0) is 39.8 Å². The van der Waals surface area contributed by atoms with E-state index in [1.54, 1.807) is 26.0 Å². The summed E-state index contributed by atoms with van der Waals surface area (Å²) in [5.41, 5.74) is 1.62. The number of aromatic nitrogens is 1. The Morgan fingerprint density at radius 2 is 2.12 bits per heavy atom. The number of aryl methyl sites for hydroxylation is 2. The molecule has 24 heavy (non-hydrogen) atoms. The molecule has 1 heterocycles. The SMILES string of the molecule is Cc1noc(C)c1C(C)NC(=O)NCC(C)Oc1cccc(F)c1. The Bertz CT molecular complexity index is 683. The molecular weight excluding hydrogens is 313 g/mol. The summed E-state index contributed by atoms with van der Waals surface area (Å²) in [6.45, 7) is 7.58. The third-order valence-electron chi connectivity index (χ3n) is 3.55. The Hall–Kier alpha value is -2.57. The zero-order valence-electron chi connectivity index (χ0n) is 14.2. The van der Waals surface area contributed by atoms with Gasteiger partial charge in [0.15, 0.2) is 0 Å². The monoisotopic (exact) mass is 335 g/mol. The topological polar surface area (TPSA) is 76.4 Å². The highest BCUT2D eigenvalue weighted by molar-refractivity contribution is 5.74. The molecule has 0 spiro atoms. The standard InChI is InChI=1S/C17H22FN3O3/c1-10(23-15-7-5-6-14(18)8-15)9-19-17(22)20-11(2)16-12(3)21-24-13(16)4/h5-8,10-11H,9H2,1-4H3,(H2,19,20,22). The molecule has 2 atom stereocenters. The van der Waals surface area contributed by atoms with E-state index >= 15 is 0 Å². The molecule has 1 aromatic carbocycles. The van der Waals surface area contributed by atoms with E-state index in [1.165, 1.54) is 12.1 Å². The maximum absolute atomic E-state index is 13.1. The van der Waals surface area contributed by atoms with Crippen LogP contribution in [0.4, 0.5) is 9.18 Å². The number of halogens is 1. The van der Waals surface area contributed by atoms with Crippen LogP contribution in [0.3, 0.4) is 0 Å². The van der Waals surface area contributed by atoms with Crippen LogP contribution in [0.25, 0.3) is 0 Å². The van der Waals surface area contributed by atoms with Crippen LogP contribution in [0.15, 0.2) is 28.8 Å². The van der Waals surface area contributed by atoms with Crippen LogP contribution in [0.1, 0.15) is 36.9 Å². The first-order valence-corrected chi connectivity index (χ1v) is 7.76. The van der Waals surface area contributed by atoms with Gasteiger partial charge in [-0.2, -0.15) is 0 Å². The van der Waals surface area contributed by atoms with Crippen molar-refractivity contribution in [1.29, 1.82) is 0 Å². The minimum absolute atomic E-state index is 0.226. The van der Waals surface area contributed by atoms with Crippen LogP contribution in [-0.4, -0.2) is 23.8 Å². The summed E-state index contributed by atoms with van der Waals surface area (Å²) in [5, 5.41) is 9.43. The maximum Gasteiger partial charge on any atom is 0.315 e. The van der Waals surface area contributed by atoms with E-state index in [2.05, 4.69) is 15.8 Å². The van der Waals surface area contributed by atoms with Gasteiger partial charge < -0.3 is 19.9 Å². The molecule has 0 fully saturated rings. The summed E-state index contributed by atoms with van der Waals surface area (Å²) >= 11 is 0. The Labute approximate surface area is 140 Å². The van der Waals surface area contributed by atoms with Crippen molar-refractivity contribution in [1.82, 2.24) is 15.8 Å². The number of hydrogen-bond acceptors (Lipinski definition) is 4. The average Bonchev–Trinajstić information content (AvgIpc) is 2.84. The van der Waals surface area contributed by atoms with Gasteiger partial charge in [0.1, 0.15) is 23.4 Å². The van der Waals surface area contributed by atoms with Crippen molar-refractivity contribution in [3.8, 4) is 5.75 Å². The molecule has 2 rings (SSSR count). The van der Waals surface area contributed by atoms with Crippen LogP contribution in [0.5, 0.6) is 5.75 Å². The Kier molecular flexibility index (Phi) is 5.78. The molecule has 0 aliphatic rings. The van der Waals surface area contributed by atoms with Gasteiger partial charge in [0.25, 0.3) is 0 Å². The molecule has 0 aliphatic heterocycles. The Balaban J connectivity index is 1.80. The highest BCUT2D eigenvalue weighted by Gasteiger charge is 2.18. The van der Waals surface area contributed by atoms with E-state index in [0.717, 1.165) is 11.3 Å². The fraction of sp³-hybridized carbons (Fsp3) is 0.412. The molecule has 7 heteroatoms. The molecule has 0 saturated heterocycles. The third kappa shape index (κ3) is 4.71. The van der Waals surface area contributed by atoms with Crippen LogP contribution in [0.2, 0.25) is 0 Å². The first kappa shape index (κ1) is 17.8. The predicted molar refractivity (Wildman–Crippen MR) is 87.4 cm³/mol. The first-order chi connectivity index (χ1) is 11.4. The molecule has 0 bridgehead atoms. The number of amides is 2. The van der Waals surface area contributed by atoms with Gasteiger partial charge in [-0.1, -0.05) is 11.2 Å². The van der Waals surface area contributed by atoms with E-state index in [0.29, 0.717) is 11.5 Å². The number of ether oxygens (including phenoxy) is 1. The van der Waals surface area contributed by atoms with Crippen molar-refractivity contribution in [2.24, 2.45) is 0 Å². The number of carbonyl (C=O) groups is 1. The van der Waals surface area contributed by atoms with Gasteiger partial charge in [0, 0.05) is 11.6 Å². The summed E-state index contributed by atoms with van der Waals surface area (Å²) in [6.07, 6.45) is -0.299. The highest BCUT2D eigenvalue weighted by Crippen LogP contribution is 2.20. The lowest BCUT2D eigenvalue weighted by molar-refractivity contribution is 0.206. The van der Waals surface area contributed by atoms with Gasteiger partial charge in [-0.25, -0.2) is 9.18 Å². The molecule has 0 aliphatic carbocycles. The van der Waals surface area contributed by atoms with Crippen LogP contribution < -0.4 is 15.4 Å². The summed E-state index contributed by atoms with van der Waals surface area (Å²) in [5.74, 6) is 0.746. The molecular formula is C17H22FN3O3. The second-order valence-corrected chi connectivity index (χ2v) is 5.70. The zero-order chi connectivity index (χ0) is 17.7. The predicted octanol–water partition coefficient (Wildman–Crippen LogP) is 3.26. The fourth-order valence-electron chi connectivity index (χ4n) is 2.48. The Morgan fingerprint density at radius 1 is 1.38 bits per heavy atom.